The average molecular weight is 378 g/mol. The minimum Gasteiger partial charge on any atom is -0.406 e. The summed E-state index contributed by atoms with van der Waals surface area (Å²) >= 11 is 1.58. The third kappa shape index (κ3) is 4.82. The molecule has 0 atom stereocenters. The van der Waals surface area contributed by atoms with Gasteiger partial charge in [-0.15, -0.1) is 24.5 Å². The molecule has 0 unspecified atom stereocenters. The number of hydrogen-bond acceptors (Lipinski definition) is 4. The molecule has 4 nitrogen and oxygen atoms in total. The highest BCUT2D eigenvalue weighted by Crippen LogP contribution is 2.25. The van der Waals surface area contributed by atoms with Crippen LogP contribution in [0.1, 0.15) is 15.9 Å². The maximum Gasteiger partial charge on any atom is 0.573 e. The van der Waals surface area contributed by atoms with Gasteiger partial charge < -0.3 is 10.1 Å². The van der Waals surface area contributed by atoms with Crippen LogP contribution in [0, 0.1) is 0 Å². The average Bonchev–Trinajstić information content (AvgIpc) is 3.13. The quantitative estimate of drug-likeness (QED) is 0.704. The molecule has 0 aliphatic carbocycles. The molecule has 0 fully saturated rings. The van der Waals surface area contributed by atoms with Gasteiger partial charge in [-0.05, 0) is 41.3 Å². The summed E-state index contributed by atoms with van der Waals surface area (Å²) in [6.07, 6.45) is -1.45. The van der Waals surface area contributed by atoms with Gasteiger partial charge in [-0.1, -0.05) is 12.1 Å². The zero-order valence-corrected chi connectivity index (χ0v) is 14.1. The molecular formula is C18H13F3N2O2S. The van der Waals surface area contributed by atoms with Gasteiger partial charge >= 0.3 is 6.36 Å². The van der Waals surface area contributed by atoms with Gasteiger partial charge in [0.05, 0.1) is 0 Å². The first-order chi connectivity index (χ1) is 12.4. The Kier molecular flexibility index (Phi) is 5.22. The Morgan fingerprint density at radius 3 is 2.73 bits per heavy atom. The SMILES string of the molecule is O=C(NCc1cncc(-c2cccs2)c1)c1cccc(OC(F)(F)F)c1. The summed E-state index contributed by atoms with van der Waals surface area (Å²) in [5, 5.41) is 4.62. The van der Waals surface area contributed by atoms with Crippen LogP contribution in [0.2, 0.25) is 0 Å². The van der Waals surface area contributed by atoms with Crippen molar-refractivity contribution >= 4 is 17.2 Å². The van der Waals surface area contributed by atoms with Crippen molar-refractivity contribution < 1.29 is 22.7 Å². The number of amides is 1. The molecule has 2 heterocycles. The molecule has 8 heteroatoms. The predicted octanol–water partition coefficient (Wildman–Crippen LogP) is 4.64. The molecule has 0 aliphatic heterocycles. The first-order valence-electron chi connectivity index (χ1n) is 7.52. The van der Waals surface area contributed by atoms with Crippen molar-refractivity contribution in [3.8, 4) is 16.2 Å². The number of hydrogen-bond donors (Lipinski definition) is 1. The molecule has 1 amide bonds. The van der Waals surface area contributed by atoms with Crippen LogP contribution in [0.15, 0.2) is 60.2 Å². The van der Waals surface area contributed by atoms with E-state index in [1.165, 1.54) is 12.1 Å². The number of nitrogens with one attached hydrogen (secondary N) is 1. The Labute approximate surface area is 151 Å². The molecule has 2 aromatic heterocycles. The van der Waals surface area contributed by atoms with Crippen LogP contribution in [-0.4, -0.2) is 17.3 Å². The summed E-state index contributed by atoms with van der Waals surface area (Å²) in [6, 6.07) is 10.7. The summed E-state index contributed by atoms with van der Waals surface area (Å²) in [5.41, 5.74) is 1.80. The lowest BCUT2D eigenvalue weighted by molar-refractivity contribution is -0.274. The highest BCUT2D eigenvalue weighted by molar-refractivity contribution is 7.13. The molecule has 3 rings (SSSR count). The number of rotatable bonds is 5. The van der Waals surface area contributed by atoms with Crippen LogP contribution in [0.3, 0.4) is 0 Å². The lowest BCUT2D eigenvalue weighted by Gasteiger charge is -2.10. The molecule has 1 N–H and O–H groups in total. The van der Waals surface area contributed by atoms with Crippen LogP contribution in [0.25, 0.3) is 10.4 Å². The summed E-state index contributed by atoms with van der Waals surface area (Å²) in [5.74, 6) is -0.939. The Hall–Kier alpha value is -2.87. The van der Waals surface area contributed by atoms with Crippen LogP contribution in [0.4, 0.5) is 13.2 Å². The van der Waals surface area contributed by atoms with E-state index in [-0.39, 0.29) is 12.1 Å². The van der Waals surface area contributed by atoms with E-state index < -0.39 is 18.0 Å². The fourth-order valence-corrected chi connectivity index (χ4v) is 2.99. The zero-order chi connectivity index (χ0) is 18.6. The maximum absolute atomic E-state index is 12.3. The largest absolute Gasteiger partial charge is 0.573 e. The van der Waals surface area contributed by atoms with Crippen LogP contribution < -0.4 is 10.1 Å². The van der Waals surface area contributed by atoms with E-state index in [0.29, 0.717) is 0 Å². The van der Waals surface area contributed by atoms with E-state index in [1.54, 1.807) is 23.7 Å². The van der Waals surface area contributed by atoms with Gasteiger partial charge in [-0.25, -0.2) is 0 Å². The molecule has 0 saturated carbocycles. The Morgan fingerprint density at radius 2 is 2.00 bits per heavy atom. The first kappa shape index (κ1) is 17.9. The first-order valence-corrected chi connectivity index (χ1v) is 8.40. The Morgan fingerprint density at radius 1 is 1.15 bits per heavy atom. The number of ether oxygens (including phenoxy) is 1. The van der Waals surface area contributed by atoms with Gasteiger partial charge in [0.1, 0.15) is 5.75 Å². The van der Waals surface area contributed by atoms with Gasteiger partial charge in [-0.3, -0.25) is 9.78 Å². The monoisotopic (exact) mass is 378 g/mol. The standard InChI is InChI=1S/C18H13F3N2O2S/c19-18(20,21)25-15-4-1-3-13(8-15)17(24)23-10-12-7-14(11-22-9-12)16-5-2-6-26-16/h1-9,11H,10H2,(H,23,24). The summed E-state index contributed by atoms with van der Waals surface area (Å²) < 4.78 is 40.6. The van der Waals surface area contributed by atoms with Crippen molar-refractivity contribution in [1.82, 2.24) is 10.3 Å². The molecule has 0 spiro atoms. The van der Waals surface area contributed by atoms with Crippen molar-refractivity contribution in [2.24, 2.45) is 0 Å². The third-order valence-corrected chi connectivity index (χ3v) is 4.30. The normalized spacial score (nSPS) is 11.2. The lowest BCUT2D eigenvalue weighted by Crippen LogP contribution is -2.23. The van der Waals surface area contributed by atoms with Crippen molar-refractivity contribution in [3.05, 3.63) is 71.4 Å². The fraction of sp³-hybridized carbons (Fsp3) is 0.111. The molecule has 134 valence electrons. The molecule has 0 radical (unpaired) electrons. The molecule has 26 heavy (non-hydrogen) atoms. The highest BCUT2D eigenvalue weighted by atomic mass is 32.1. The second kappa shape index (κ2) is 7.57. The van der Waals surface area contributed by atoms with Gasteiger partial charge in [0, 0.05) is 34.9 Å². The molecule has 0 saturated heterocycles. The minimum atomic E-state index is -4.80. The van der Waals surface area contributed by atoms with Gasteiger partial charge in [-0.2, -0.15) is 0 Å². The van der Waals surface area contributed by atoms with E-state index in [9.17, 15) is 18.0 Å². The number of aromatic nitrogens is 1. The number of pyridine rings is 1. The topological polar surface area (TPSA) is 51.2 Å². The second-order valence-electron chi connectivity index (χ2n) is 5.32. The summed E-state index contributed by atoms with van der Waals surface area (Å²) in [6.45, 7) is 0.204. The number of benzene rings is 1. The lowest BCUT2D eigenvalue weighted by atomic mass is 10.1. The minimum absolute atomic E-state index is 0.0779. The second-order valence-corrected chi connectivity index (χ2v) is 6.27. The van der Waals surface area contributed by atoms with E-state index >= 15 is 0 Å². The van der Waals surface area contributed by atoms with Crippen molar-refractivity contribution in [2.75, 3.05) is 0 Å². The van der Waals surface area contributed by atoms with Gasteiger partial charge in [0.25, 0.3) is 5.91 Å². The number of nitrogens with zero attached hydrogens (tertiary/aromatic N) is 1. The number of alkyl halides is 3. The van der Waals surface area contributed by atoms with E-state index in [4.69, 9.17) is 0 Å². The predicted molar refractivity (Wildman–Crippen MR) is 91.8 cm³/mol. The van der Waals surface area contributed by atoms with Crippen molar-refractivity contribution in [3.63, 3.8) is 0 Å². The molecule has 0 bridgehead atoms. The maximum atomic E-state index is 12.3. The highest BCUT2D eigenvalue weighted by Gasteiger charge is 2.31. The summed E-state index contributed by atoms with van der Waals surface area (Å²) in [7, 11) is 0. The number of halogens is 3. The van der Waals surface area contributed by atoms with E-state index in [0.717, 1.165) is 28.1 Å². The third-order valence-electron chi connectivity index (χ3n) is 3.38. The van der Waals surface area contributed by atoms with Crippen LogP contribution in [0.5, 0.6) is 5.75 Å². The number of carbonyl (C=O) groups excluding carboxylic acids is 1. The molecule has 0 aliphatic rings. The van der Waals surface area contributed by atoms with E-state index in [1.807, 2.05) is 23.6 Å². The fourth-order valence-electron chi connectivity index (χ4n) is 2.28. The zero-order valence-electron chi connectivity index (χ0n) is 13.3. The van der Waals surface area contributed by atoms with E-state index in [2.05, 4.69) is 15.0 Å². The number of carbonyl (C=O) groups is 1. The Balaban J connectivity index is 1.66. The number of thiophene rings is 1. The molecular weight excluding hydrogens is 365 g/mol. The van der Waals surface area contributed by atoms with Gasteiger partial charge in [0.2, 0.25) is 0 Å². The van der Waals surface area contributed by atoms with Crippen LogP contribution >= 0.6 is 11.3 Å². The van der Waals surface area contributed by atoms with Crippen molar-refractivity contribution in [1.29, 1.82) is 0 Å². The molecule has 1 aromatic carbocycles. The van der Waals surface area contributed by atoms with Crippen LogP contribution in [-0.2, 0) is 6.54 Å². The van der Waals surface area contributed by atoms with Gasteiger partial charge in [0.15, 0.2) is 0 Å². The van der Waals surface area contributed by atoms with Crippen molar-refractivity contribution in [2.45, 2.75) is 12.9 Å². The molecule has 3 aromatic rings. The smallest absolute Gasteiger partial charge is 0.406 e. The summed E-state index contributed by atoms with van der Waals surface area (Å²) in [4.78, 5) is 17.4. The Bertz CT molecular complexity index is 895.